The van der Waals surface area contributed by atoms with Gasteiger partial charge in [0.05, 0.1) is 12.6 Å². The number of ether oxygens (including phenoxy) is 1. The minimum absolute atomic E-state index is 0.562. The van der Waals surface area contributed by atoms with Gasteiger partial charge >= 0.3 is 0 Å². The Labute approximate surface area is 123 Å². The smallest absolute Gasteiger partial charge is 0.215 e. The number of aromatic nitrogens is 3. The van der Waals surface area contributed by atoms with E-state index in [9.17, 15) is 0 Å². The first-order valence-corrected chi connectivity index (χ1v) is 6.81. The SMILES string of the molecule is COc1ccc2[nH]c(=S)n(-c3ccc(Br)cc3)c2n1. The van der Waals surface area contributed by atoms with Crippen molar-refractivity contribution in [3.63, 3.8) is 0 Å². The Morgan fingerprint density at radius 1 is 1.21 bits per heavy atom. The van der Waals surface area contributed by atoms with Crippen molar-refractivity contribution < 1.29 is 4.74 Å². The third-order valence-electron chi connectivity index (χ3n) is 2.80. The first-order valence-electron chi connectivity index (χ1n) is 5.61. The fourth-order valence-corrected chi connectivity index (χ4v) is 2.48. The standard InChI is InChI=1S/C13H10BrN3OS/c1-18-11-7-6-10-12(16-11)17(13(19)15-10)9-4-2-8(14)3-5-9/h2-7H,1H3,(H,15,19). The van der Waals surface area contributed by atoms with Crippen LogP contribution in [0.4, 0.5) is 0 Å². The number of nitrogens with zero attached hydrogens (tertiary/aromatic N) is 2. The molecule has 0 spiro atoms. The van der Waals surface area contributed by atoms with Crippen molar-refractivity contribution >= 4 is 39.3 Å². The number of hydrogen-bond donors (Lipinski definition) is 1. The number of methoxy groups -OCH3 is 1. The van der Waals surface area contributed by atoms with Crippen LogP contribution >= 0.6 is 28.1 Å². The maximum Gasteiger partial charge on any atom is 0.215 e. The van der Waals surface area contributed by atoms with Crippen molar-refractivity contribution in [3.05, 3.63) is 45.6 Å². The Kier molecular flexibility index (Phi) is 3.12. The molecule has 0 atom stereocenters. The highest BCUT2D eigenvalue weighted by molar-refractivity contribution is 9.10. The molecule has 0 aliphatic rings. The normalized spacial score (nSPS) is 10.8. The number of rotatable bonds is 2. The van der Waals surface area contributed by atoms with Gasteiger partial charge < -0.3 is 9.72 Å². The zero-order valence-electron chi connectivity index (χ0n) is 10.1. The summed E-state index contributed by atoms with van der Waals surface area (Å²) >= 11 is 8.78. The summed E-state index contributed by atoms with van der Waals surface area (Å²) in [4.78, 5) is 7.58. The highest BCUT2D eigenvalue weighted by Gasteiger charge is 2.09. The summed E-state index contributed by atoms with van der Waals surface area (Å²) in [6, 6.07) is 11.6. The largest absolute Gasteiger partial charge is 0.481 e. The maximum atomic E-state index is 5.36. The number of pyridine rings is 1. The molecule has 3 rings (SSSR count). The Morgan fingerprint density at radius 3 is 2.63 bits per heavy atom. The molecular weight excluding hydrogens is 326 g/mol. The van der Waals surface area contributed by atoms with Gasteiger partial charge in [-0.15, -0.1) is 0 Å². The first-order chi connectivity index (χ1) is 9.19. The van der Waals surface area contributed by atoms with Gasteiger partial charge in [0.2, 0.25) is 5.88 Å². The monoisotopic (exact) mass is 335 g/mol. The Morgan fingerprint density at radius 2 is 1.95 bits per heavy atom. The number of halogens is 1. The second-order valence-corrected chi connectivity index (χ2v) is 5.27. The Bertz CT molecular complexity index is 792. The molecule has 1 aromatic carbocycles. The van der Waals surface area contributed by atoms with Gasteiger partial charge in [0.25, 0.3) is 0 Å². The molecule has 0 saturated heterocycles. The molecule has 0 fully saturated rings. The fourth-order valence-electron chi connectivity index (χ4n) is 1.91. The molecule has 3 aromatic rings. The van der Waals surface area contributed by atoms with Gasteiger partial charge in [0.1, 0.15) is 0 Å². The molecule has 0 bridgehead atoms. The van der Waals surface area contributed by atoms with Crippen molar-refractivity contribution in [2.45, 2.75) is 0 Å². The van der Waals surface area contributed by atoms with E-state index in [1.807, 2.05) is 34.9 Å². The quantitative estimate of drug-likeness (QED) is 0.723. The second kappa shape index (κ2) is 4.79. The number of H-pyrrole nitrogens is 1. The predicted octanol–water partition coefficient (Wildman–Crippen LogP) is 3.85. The van der Waals surface area contributed by atoms with Gasteiger partial charge in [0.15, 0.2) is 10.4 Å². The van der Waals surface area contributed by atoms with E-state index in [4.69, 9.17) is 17.0 Å². The van der Waals surface area contributed by atoms with Gasteiger partial charge in [-0.3, -0.25) is 4.57 Å². The van der Waals surface area contributed by atoms with Crippen molar-refractivity contribution in [2.24, 2.45) is 0 Å². The molecule has 0 aliphatic heterocycles. The summed E-state index contributed by atoms with van der Waals surface area (Å²) in [6.45, 7) is 0. The Hall–Kier alpha value is -1.66. The van der Waals surface area contributed by atoms with E-state index in [2.05, 4.69) is 25.9 Å². The van der Waals surface area contributed by atoms with E-state index in [1.54, 1.807) is 13.2 Å². The molecule has 96 valence electrons. The van der Waals surface area contributed by atoms with Gasteiger partial charge in [0, 0.05) is 16.2 Å². The predicted molar refractivity (Wildman–Crippen MR) is 80.5 cm³/mol. The van der Waals surface area contributed by atoms with Crippen LogP contribution in [0.5, 0.6) is 5.88 Å². The molecule has 0 unspecified atom stereocenters. The third kappa shape index (κ3) is 2.17. The summed E-state index contributed by atoms with van der Waals surface area (Å²) in [7, 11) is 1.60. The number of fused-ring (bicyclic) bond motifs is 1. The number of nitrogens with one attached hydrogen (secondary N) is 1. The maximum absolute atomic E-state index is 5.36. The van der Waals surface area contributed by atoms with Crippen molar-refractivity contribution in [2.75, 3.05) is 7.11 Å². The van der Waals surface area contributed by atoms with Crippen molar-refractivity contribution in [1.82, 2.24) is 14.5 Å². The van der Waals surface area contributed by atoms with Crippen molar-refractivity contribution in [1.29, 1.82) is 0 Å². The van der Waals surface area contributed by atoms with Crippen LogP contribution in [-0.2, 0) is 0 Å². The van der Waals surface area contributed by atoms with E-state index in [1.165, 1.54) is 0 Å². The molecule has 2 aromatic heterocycles. The van der Waals surface area contributed by atoms with E-state index in [-0.39, 0.29) is 0 Å². The van der Waals surface area contributed by atoms with E-state index in [0.717, 1.165) is 21.3 Å². The lowest BCUT2D eigenvalue weighted by Gasteiger charge is -2.05. The molecule has 0 amide bonds. The highest BCUT2D eigenvalue weighted by Crippen LogP contribution is 2.21. The summed E-state index contributed by atoms with van der Waals surface area (Å²) in [5.41, 5.74) is 2.60. The van der Waals surface area contributed by atoms with Gasteiger partial charge in [-0.2, -0.15) is 4.98 Å². The first kappa shape index (κ1) is 12.4. The van der Waals surface area contributed by atoms with E-state index >= 15 is 0 Å². The molecule has 4 nitrogen and oxygen atoms in total. The van der Waals surface area contributed by atoms with Gasteiger partial charge in [-0.25, -0.2) is 0 Å². The molecular formula is C13H10BrN3OS. The van der Waals surface area contributed by atoms with Crippen molar-refractivity contribution in [3.8, 4) is 11.6 Å². The van der Waals surface area contributed by atoms with Crippen LogP contribution in [0.25, 0.3) is 16.9 Å². The lowest BCUT2D eigenvalue weighted by Crippen LogP contribution is -1.96. The lowest BCUT2D eigenvalue weighted by molar-refractivity contribution is 0.399. The van der Waals surface area contributed by atoms with Crippen LogP contribution in [0.15, 0.2) is 40.9 Å². The molecule has 2 heterocycles. The van der Waals surface area contributed by atoms with Crippen LogP contribution in [0, 0.1) is 4.77 Å². The average Bonchev–Trinajstić information content (AvgIpc) is 2.75. The van der Waals surface area contributed by atoms with Gasteiger partial charge in [-0.1, -0.05) is 15.9 Å². The summed E-state index contributed by atoms with van der Waals surface area (Å²) < 4.78 is 8.68. The average molecular weight is 336 g/mol. The number of aromatic amines is 1. The zero-order chi connectivity index (χ0) is 13.4. The molecule has 0 aliphatic carbocycles. The molecule has 6 heteroatoms. The zero-order valence-corrected chi connectivity index (χ0v) is 12.5. The van der Waals surface area contributed by atoms with E-state index in [0.29, 0.717) is 10.7 Å². The number of hydrogen-bond acceptors (Lipinski definition) is 3. The summed E-state index contributed by atoms with van der Waals surface area (Å²) in [5, 5.41) is 0. The van der Waals surface area contributed by atoms with Crippen LogP contribution in [-0.4, -0.2) is 21.6 Å². The number of benzene rings is 1. The second-order valence-electron chi connectivity index (χ2n) is 3.97. The Balaban J connectivity index is 2.30. The molecule has 0 saturated carbocycles. The summed E-state index contributed by atoms with van der Waals surface area (Å²) in [6.07, 6.45) is 0. The molecule has 19 heavy (non-hydrogen) atoms. The number of imidazole rings is 1. The minimum atomic E-state index is 0.562. The third-order valence-corrected chi connectivity index (χ3v) is 3.61. The van der Waals surface area contributed by atoms with E-state index < -0.39 is 0 Å². The summed E-state index contributed by atoms with van der Waals surface area (Å²) in [5.74, 6) is 0.562. The van der Waals surface area contributed by atoms with Crippen LogP contribution in [0.2, 0.25) is 0 Å². The van der Waals surface area contributed by atoms with Gasteiger partial charge in [-0.05, 0) is 42.5 Å². The fraction of sp³-hybridized carbons (Fsp3) is 0.0769. The minimum Gasteiger partial charge on any atom is -0.481 e. The molecule has 0 radical (unpaired) electrons. The van der Waals surface area contributed by atoms with Crippen LogP contribution in [0.1, 0.15) is 0 Å². The van der Waals surface area contributed by atoms with Crippen LogP contribution in [0.3, 0.4) is 0 Å². The van der Waals surface area contributed by atoms with Crippen LogP contribution < -0.4 is 4.74 Å². The highest BCUT2D eigenvalue weighted by atomic mass is 79.9. The topological polar surface area (TPSA) is 42.8 Å². The lowest BCUT2D eigenvalue weighted by atomic mass is 10.3. The molecule has 1 N–H and O–H groups in total.